The van der Waals surface area contributed by atoms with E-state index in [1.54, 1.807) is 7.11 Å². The molecule has 19 heavy (non-hydrogen) atoms. The van der Waals surface area contributed by atoms with Gasteiger partial charge in [-0.15, -0.1) is 11.3 Å². The largest absolute Gasteiger partial charge is 0.468 e. The van der Waals surface area contributed by atoms with E-state index >= 15 is 0 Å². The summed E-state index contributed by atoms with van der Waals surface area (Å²) in [6, 6.07) is 3.51. The van der Waals surface area contributed by atoms with Gasteiger partial charge in [0.2, 0.25) is 0 Å². The summed E-state index contributed by atoms with van der Waals surface area (Å²) in [5.41, 5.74) is 0. The SMILES string of the molecule is COC(=O)[C@H]1C[C@@H](OC)CN1CNc1ccc(Cl)s1. The molecule has 1 aliphatic heterocycles. The number of anilines is 1. The maximum atomic E-state index is 11.7. The number of hydrogen-bond acceptors (Lipinski definition) is 6. The Balaban J connectivity index is 1.94. The minimum Gasteiger partial charge on any atom is -0.468 e. The molecule has 0 aliphatic carbocycles. The first kappa shape index (κ1) is 14.6. The Morgan fingerprint density at radius 1 is 1.58 bits per heavy atom. The molecule has 1 aromatic rings. The molecule has 0 radical (unpaired) electrons. The lowest BCUT2D eigenvalue weighted by Gasteiger charge is -2.22. The van der Waals surface area contributed by atoms with Crippen LogP contribution in [0.25, 0.3) is 0 Å². The Morgan fingerprint density at radius 3 is 2.95 bits per heavy atom. The van der Waals surface area contributed by atoms with Crippen molar-refractivity contribution >= 4 is 33.9 Å². The van der Waals surface area contributed by atoms with E-state index < -0.39 is 0 Å². The predicted octanol–water partition coefficient (Wildman–Crippen LogP) is 2.03. The Kier molecular flexibility index (Phi) is 5.04. The third kappa shape index (κ3) is 3.60. The predicted molar refractivity (Wildman–Crippen MR) is 75.7 cm³/mol. The highest BCUT2D eigenvalue weighted by molar-refractivity contribution is 7.19. The number of methoxy groups -OCH3 is 2. The van der Waals surface area contributed by atoms with Crippen LogP contribution in [0.3, 0.4) is 0 Å². The van der Waals surface area contributed by atoms with Gasteiger partial charge < -0.3 is 14.8 Å². The molecule has 2 heterocycles. The molecule has 0 unspecified atom stereocenters. The van der Waals surface area contributed by atoms with E-state index in [0.717, 1.165) is 9.34 Å². The number of nitrogens with one attached hydrogen (secondary N) is 1. The fraction of sp³-hybridized carbons (Fsp3) is 0.583. The highest BCUT2D eigenvalue weighted by Gasteiger charge is 2.37. The molecule has 106 valence electrons. The monoisotopic (exact) mass is 304 g/mol. The summed E-state index contributed by atoms with van der Waals surface area (Å²) in [5, 5.41) is 4.24. The first-order valence-electron chi connectivity index (χ1n) is 5.98. The van der Waals surface area contributed by atoms with Gasteiger partial charge in [-0.05, 0) is 12.1 Å². The van der Waals surface area contributed by atoms with E-state index in [9.17, 15) is 4.79 Å². The number of nitrogens with zero attached hydrogens (tertiary/aromatic N) is 1. The molecule has 1 fully saturated rings. The zero-order chi connectivity index (χ0) is 13.8. The van der Waals surface area contributed by atoms with Crippen LogP contribution in [-0.4, -0.2) is 50.4 Å². The van der Waals surface area contributed by atoms with Crippen molar-refractivity contribution in [1.82, 2.24) is 4.90 Å². The second kappa shape index (κ2) is 6.56. The molecule has 1 saturated heterocycles. The quantitative estimate of drug-likeness (QED) is 0.844. The van der Waals surface area contributed by atoms with Crippen LogP contribution in [0, 0.1) is 0 Å². The summed E-state index contributed by atoms with van der Waals surface area (Å²) >= 11 is 7.35. The first-order chi connectivity index (χ1) is 9.13. The second-order valence-corrected chi connectivity index (χ2v) is 6.06. The Bertz CT molecular complexity index is 440. The molecule has 0 saturated carbocycles. The second-order valence-electron chi connectivity index (χ2n) is 4.34. The average molecular weight is 305 g/mol. The van der Waals surface area contributed by atoms with Gasteiger partial charge in [0, 0.05) is 20.1 Å². The molecule has 1 N–H and O–H groups in total. The van der Waals surface area contributed by atoms with Crippen molar-refractivity contribution in [2.75, 3.05) is 32.7 Å². The topological polar surface area (TPSA) is 50.8 Å². The van der Waals surface area contributed by atoms with Crippen LogP contribution in [0.15, 0.2) is 12.1 Å². The van der Waals surface area contributed by atoms with E-state index in [1.165, 1.54) is 18.4 Å². The van der Waals surface area contributed by atoms with E-state index in [1.807, 2.05) is 17.0 Å². The summed E-state index contributed by atoms with van der Waals surface area (Å²) in [7, 11) is 3.07. The van der Waals surface area contributed by atoms with Crippen LogP contribution < -0.4 is 5.32 Å². The maximum absolute atomic E-state index is 11.7. The van der Waals surface area contributed by atoms with Crippen LogP contribution in [0.4, 0.5) is 5.00 Å². The third-order valence-corrected chi connectivity index (χ3v) is 4.39. The number of halogens is 1. The molecule has 0 amide bonds. The highest BCUT2D eigenvalue weighted by atomic mass is 35.5. The molecule has 5 nitrogen and oxygen atoms in total. The number of likely N-dealkylation sites (tertiary alicyclic amines) is 1. The summed E-state index contributed by atoms with van der Waals surface area (Å²) in [5.74, 6) is -0.217. The smallest absolute Gasteiger partial charge is 0.323 e. The molecule has 1 aliphatic rings. The lowest BCUT2D eigenvalue weighted by atomic mass is 10.2. The van der Waals surface area contributed by atoms with Crippen molar-refractivity contribution in [3.63, 3.8) is 0 Å². The molecule has 2 rings (SSSR count). The van der Waals surface area contributed by atoms with E-state index in [0.29, 0.717) is 19.6 Å². The van der Waals surface area contributed by atoms with E-state index in [4.69, 9.17) is 21.1 Å². The fourth-order valence-electron chi connectivity index (χ4n) is 2.18. The lowest BCUT2D eigenvalue weighted by molar-refractivity contribution is -0.145. The Morgan fingerprint density at radius 2 is 2.37 bits per heavy atom. The van der Waals surface area contributed by atoms with Crippen LogP contribution in [0.2, 0.25) is 4.34 Å². The molecular formula is C12H17ClN2O3S. The minimum absolute atomic E-state index is 0.0674. The van der Waals surface area contributed by atoms with Gasteiger partial charge in [0.05, 0.1) is 29.2 Å². The number of thiophene rings is 1. The van der Waals surface area contributed by atoms with Crippen LogP contribution in [0.5, 0.6) is 0 Å². The lowest BCUT2D eigenvalue weighted by Crippen LogP contribution is -2.39. The number of rotatable bonds is 5. The number of carbonyl (C=O) groups excluding carboxylic acids is 1. The van der Waals surface area contributed by atoms with Crippen molar-refractivity contribution in [2.45, 2.75) is 18.6 Å². The molecular weight excluding hydrogens is 288 g/mol. The minimum atomic E-state index is -0.252. The van der Waals surface area contributed by atoms with Crippen LogP contribution in [0.1, 0.15) is 6.42 Å². The van der Waals surface area contributed by atoms with Gasteiger partial charge in [-0.25, -0.2) is 0 Å². The molecule has 1 aromatic heterocycles. The summed E-state index contributed by atoms with van der Waals surface area (Å²) in [4.78, 5) is 13.8. The first-order valence-corrected chi connectivity index (χ1v) is 7.17. The molecule has 0 spiro atoms. The molecule has 0 aromatic carbocycles. The van der Waals surface area contributed by atoms with Gasteiger partial charge >= 0.3 is 5.97 Å². The van der Waals surface area contributed by atoms with Crippen molar-refractivity contribution in [2.24, 2.45) is 0 Å². The van der Waals surface area contributed by atoms with Gasteiger partial charge in [-0.2, -0.15) is 0 Å². The molecule has 7 heteroatoms. The Hall–Kier alpha value is -0.820. The summed E-state index contributed by atoms with van der Waals surface area (Å²) in [6.07, 6.45) is 0.730. The maximum Gasteiger partial charge on any atom is 0.323 e. The zero-order valence-corrected chi connectivity index (χ0v) is 12.5. The molecule has 2 atom stereocenters. The van der Waals surface area contributed by atoms with Crippen molar-refractivity contribution in [3.8, 4) is 0 Å². The molecule has 0 bridgehead atoms. The summed E-state index contributed by atoms with van der Waals surface area (Å²) < 4.78 is 10.9. The highest BCUT2D eigenvalue weighted by Crippen LogP contribution is 2.27. The number of hydrogen-bond donors (Lipinski definition) is 1. The van der Waals surface area contributed by atoms with Crippen molar-refractivity contribution in [3.05, 3.63) is 16.5 Å². The van der Waals surface area contributed by atoms with Crippen molar-refractivity contribution in [1.29, 1.82) is 0 Å². The van der Waals surface area contributed by atoms with Gasteiger partial charge in [0.25, 0.3) is 0 Å². The third-order valence-electron chi connectivity index (χ3n) is 3.20. The number of carbonyl (C=O) groups is 1. The Labute approximate surface area is 121 Å². The zero-order valence-electron chi connectivity index (χ0n) is 10.9. The van der Waals surface area contributed by atoms with Crippen molar-refractivity contribution < 1.29 is 14.3 Å². The van der Waals surface area contributed by atoms with E-state index in [-0.39, 0.29) is 18.1 Å². The van der Waals surface area contributed by atoms with Gasteiger partial charge in [0.15, 0.2) is 0 Å². The normalized spacial score (nSPS) is 23.5. The van der Waals surface area contributed by atoms with E-state index in [2.05, 4.69) is 5.32 Å². The summed E-state index contributed by atoms with van der Waals surface area (Å²) in [6.45, 7) is 1.28. The standard InChI is InChI=1S/C12H17ClN2O3S/c1-17-8-5-9(12(16)18-2)15(6-8)7-14-11-4-3-10(13)19-11/h3-4,8-9,14H,5-7H2,1-2H3/t8-,9-/m1/s1. The van der Waals surface area contributed by atoms with Gasteiger partial charge in [-0.3, -0.25) is 9.69 Å². The van der Waals surface area contributed by atoms with Gasteiger partial charge in [0.1, 0.15) is 6.04 Å². The van der Waals surface area contributed by atoms with Crippen LogP contribution >= 0.6 is 22.9 Å². The average Bonchev–Trinajstić information content (AvgIpc) is 3.01. The number of esters is 1. The number of ether oxygens (including phenoxy) is 2. The van der Waals surface area contributed by atoms with Crippen LogP contribution in [-0.2, 0) is 14.3 Å². The van der Waals surface area contributed by atoms with Gasteiger partial charge in [-0.1, -0.05) is 11.6 Å². The fourth-order valence-corrected chi connectivity index (χ4v) is 3.11.